The molecule has 0 aromatic heterocycles. The highest BCUT2D eigenvalue weighted by Crippen LogP contribution is 2.05. The fourth-order valence-electron chi connectivity index (χ4n) is 3.30. The fraction of sp³-hybridized carbons (Fsp3) is 0.500. The van der Waals surface area contributed by atoms with Gasteiger partial charge < -0.3 is 31.9 Å². The summed E-state index contributed by atoms with van der Waals surface area (Å²) in [7, 11) is 1.45. The van der Waals surface area contributed by atoms with Gasteiger partial charge in [0.25, 0.3) is 0 Å². The summed E-state index contributed by atoms with van der Waals surface area (Å²) in [6.07, 6.45) is 1.21. The lowest BCUT2D eigenvalue weighted by Crippen LogP contribution is -2.52. The van der Waals surface area contributed by atoms with Crippen LogP contribution in [-0.2, 0) is 30.4 Å². The lowest BCUT2D eigenvalue weighted by Gasteiger charge is -2.21. The topological polar surface area (TPSA) is 158 Å². The Labute approximate surface area is 218 Å². The quantitative estimate of drug-likeness (QED) is 0.178. The Bertz CT molecular complexity index is 935. The summed E-state index contributed by atoms with van der Waals surface area (Å²) in [6.45, 7) is 9.00. The predicted molar refractivity (Wildman–Crippen MR) is 141 cm³/mol. The summed E-state index contributed by atoms with van der Waals surface area (Å²) >= 11 is 0. The van der Waals surface area contributed by atoms with Crippen LogP contribution in [0, 0.1) is 5.92 Å². The molecule has 0 bridgehead atoms. The van der Waals surface area contributed by atoms with E-state index in [1.54, 1.807) is 0 Å². The van der Waals surface area contributed by atoms with E-state index in [1.165, 1.54) is 7.05 Å². The Morgan fingerprint density at radius 1 is 0.784 bits per heavy atom. The van der Waals surface area contributed by atoms with Gasteiger partial charge in [0.05, 0.1) is 25.7 Å². The van der Waals surface area contributed by atoms with Gasteiger partial charge in [-0.1, -0.05) is 57.7 Å². The van der Waals surface area contributed by atoms with Crippen molar-refractivity contribution in [3.63, 3.8) is 0 Å². The molecular weight excluding hydrogens is 476 g/mol. The van der Waals surface area contributed by atoms with E-state index in [0.717, 1.165) is 5.56 Å². The number of likely N-dealkylation sites (N-methyl/N-ethyl adjacent to an activating group) is 1. The van der Waals surface area contributed by atoms with E-state index in [1.807, 2.05) is 51.1 Å². The first-order chi connectivity index (χ1) is 17.5. The molecule has 6 N–H and O–H groups in total. The van der Waals surface area contributed by atoms with E-state index in [4.69, 9.17) is 0 Å². The average Bonchev–Trinajstić information content (AvgIpc) is 2.87. The monoisotopic (exact) mass is 516 g/mol. The van der Waals surface area contributed by atoms with Crippen LogP contribution in [0.4, 0.5) is 0 Å². The van der Waals surface area contributed by atoms with Crippen LogP contribution < -0.4 is 31.9 Å². The molecule has 5 amide bonds. The largest absolute Gasteiger partial charge is 0.378 e. The molecule has 204 valence electrons. The Kier molecular flexibility index (Phi) is 14.1. The molecule has 1 rings (SSSR count). The van der Waals surface area contributed by atoms with E-state index in [2.05, 4.69) is 38.5 Å². The third-order valence-electron chi connectivity index (χ3n) is 5.32. The van der Waals surface area contributed by atoms with Gasteiger partial charge in [0.1, 0.15) is 6.04 Å². The van der Waals surface area contributed by atoms with Crippen molar-refractivity contribution in [3.05, 3.63) is 48.2 Å². The van der Waals surface area contributed by atoms with Gasteiger partial charge in [-0.25, -0.2) is 0 Å². The van der Waals surface area contributed by atoms with E-state index < -0.39 is 23.8 Å². The Hall–Kier alpha value is -3.89. The molecule has 11 heteroatoms. The fourth-order valence-corrected chi connectivity index (χ4v) is 3.30. The summed E-state index contributed by atoms with van der Waals surface area (Å²) in [4.78, 5) is 60.8. The van der Waals surface area contributed by atoms with Gasteiger partial charge in [0.2, 0.25) is 29.5 Å². The van der Waals surface area contributed by atoms with Crippen LogP contribution in [0.5, 0.6) is 0 Å². The Morgan fingerprint density at radius 3 is 1.97 bits per heavy atom. The van der Waals surface area contributed by atoms with E-state index in [9.17, 15) is 24.0 Å². The van der Waals surface area contributed by atoms with E-state index >= 15 is 0 Å². The summed E-state index contributed by atoms with van der Waals surface area (Å²) in [5.74, 6) is -1.77. The maximum Gasteiger partial charge on any atom is 0.243 e. The summed E-state index contributed by atoms with van der Waals surface area (Å²) < 4.78 is 0. The molecule has 1 aromatic carbocycles. The van der Waals surface area contributed by atoms with Crippen molar-refractivity contribution in [3.8, 4) is 0 Å². The van der Waals surface area contributed by atoms with Crippen molar-refractivity contribution in [1.29, 1.82) is 0 Å². The minimum absolute atomic E-state index is 0.0876. The molecule has 0 fully saturated rings. The van der Waals surface area contributed by atoms with Crippen molar-refractivity contribution in [2.45, 2.75) is 52.1 Å². The molecule has 2 atom stereocenters. The van der Waals surface area contributed by atoms with Crippen LogP contribution >= 0.6 is 0 Å². The summed E-state index contributed by atoms with van der Waals surface area (Å²) in [5.41, 5.74) is 1.32. The molecule has 37 heavy (non-hydrogen) atoms. The van der Waals surface area contributed by atoms with Crippen molar-refractivity contribution in [1.82, 2.24) is 31.9 Å². The number of benzene rings is 1. The first-order valence-corrected chi connectivity index (χ1v) is 12.4. The zero-order chi connectivity index (χ0) is 27.8. The second-order valence-corrected chi connectivity index (χ2v) is 8.98. The number of hydrogen-bond donors (Lipinski definition) is 6. The molecule has 0 aliphatic rings. The van der Waals surface area contributed by atoms with Gasteiger partial charge in [-0.2, -0.15) is 0 Å². The number of carbonyl (C=O) groups is 5. The molecule has 0 saturated heterocycles. The molecule has 0 saturated carbocycles. The second-order valence-electron chi connectivity index (χ2n) is 8.98. The molecule has 0 heterocycles. The average molecular weight is 517 g/mol. The SMILES string of the molecule is C=C(NCC(=O)NCC(=O)NC(Cc1ccccc1)C(=O)NCC(=O)NC)C(CC)NC(=O)CC(C)C. The zero-order valence-corrected chi connectivity index (χ0v) is 22.1. The van der Waals surface area contributed by atoms with Gasteiger partial charge in [0, 0.05) is 25.6 Å². The van der Waals surface area contributed by atoms with Gasteiger partial charge in [-0.15, -0.1) is 0 Å². The molecule has 0 radical (unpaired) electrons. The van der Waals surface area contributed by atoms with Gasteiger partial charge in [-0.05, 0) is 17.9 Å². The molecular formula is C26H40N6O5. The standard InChI is InChI=1S/C26H40N6O5/c1-6-20(31-22(33)12-17(2)3)18(4)28-15-24(35)29-16-25(36)32-21(13-19-10-8-7-9-11-19)26(37)30-14-23(34)27-5/h7-11,17,20-21,28H,4,6,12-16H2,1-3,5H3,(H,27,34)(H,29,35)(H,30,37)(H,31,33)(H,32,36). The van der Waals surface area contributed by atoms with Gasteiger partial charge >= 0.3 is 0 Å². The number of nitrogens with one attached hydrogen (secondary N) is 6. The van der Waals surface area contributed by atoms with Crippen LogP contribution in [0.3, 0.4) is 0 Å². The molecule has 1 aromatic rings. The van der Waals surface area contributed by atoms with Crippen LogP contribution in [-0.4, -0.2) is 68.3 Å². The van der Waals surface area contributed by atoms with E-state index in [0.29, 0.717) is 18.5 Å². The second kappa shape index (κ2) is 16.7. The number of hydrogen-bond acceptors (Lipinski definition) is 6. The summed E-state index contributed by atoms with van der Waals surface area (Å²) in [5, 5.41) is 15.8. The smallest absolute Gasteiger partial charge is 0.243 e. The first kappa shape index (κ1) is 31.1. The lowest BCUT2D eigenvalue weighted by atomic mass is 10.1. The normalized spacial score (nSPS) is 12.0. The summed E-state index contributed by atoms with van der Waals surface area (Å²) in [6, 6.07) is 7.85. The Balaban J connectivity index is 2.57. The zero-order valence-electron chi connectivity index (χ0n) is 22.1. The third-order valence-corrected chi connectivity index (χ3v) is 5.32. The maximum atomic E-state index is 12.6. The highest BCUT2D eigenvalue weighted by molar-refractivity contribution is 5.92. The highest BCUT2D eigenvalue weighted by Gasteiger charge is 2.22. The van der Waals surface area contributed by atoms with Crippen molar-refractivity contribution >= 4 is 29.5 Å². The minimum Gasteiger partial charge on any atom is -0.378 e. The Morgan fingerprint density at radius 2 is 1.38 bits per heavy atom. The molecule has 0 spiro atoms. The molecule has 0 aliphatic heterocycles. The third kappa shape index (κ3) is 13.1. The first-order valence-electron chi connectivity index (χ1n) is 12.4. The maximum absolute atomic E-state index is 12.6. The molecule has 2 unspecified atom stereocenters. The highest BCUT2D eigenvalue weighted by atomic mass is 16.2. The van der Waals surface area contributed by atoms with Crippen LogP contribution in [0.15, 0.2) is 42.6 Å². The lowest BCUT2D eigenvalue weighted by molar-refractivity contribution is -0.130. The van der Waals surface area contributed by atoms with Gasteiger partial charge in [-0.3, -0.25) is 24.0 Å². The van der Waals surface area contributed by atoms with Crippen LogP contribution in [0.2, 0.25) is 0 Å². The molecule has 0 aliphatic carbocycles. The van der Waals surface area contributed by atoms with Gasteiger partial charge in [0.15, 0.2) is 0 Å². The number of rotatable bonds is 16. The minimum atomic E-state index is -0.936. The number of carbonyl (C=O) groups excluding carboxylic acids is 5. The van der Waals surface area contributed by atoms with E-state index in [-0.39, 0.29) is 49.8 Å². The van der Waals surface area contributed by atoms with Crippen LogP contribution in [0.25, 0.3) is 0 Å². The number of amides is 5. The molecule has 11 nitrogen and oxygen atoms in total. The van der Waals surface area contributed by atoms with Crippen molar-refractivity contribution in [2.75, 3.05) is 26.7 Å². The van der Waals surface area contributed by atoms with Crippen molar-refractivity contribution < 1.29 is 24.0 Å². The van der Waals surface area contributed by atoms with Crippen molar-refractivity contribution in [2.24, 2.45) is 5.92 Å². The predicted octanol–water partition coefficient (Wildman–Crippen LogP) is -0.263. The van der Waals surface area contributed by atoms with Crippen LogP contribution in [0.1, 0.15) is 39.2 Å².